The van der Waals surface area contributed by atoms with Crippen LogP contribution < -0.4 is 5.23 Å². The molecule has 0 radical (unpaired) electrons. The molecule has 0 aliphatic heterocycles. The van der Waals surface area contributed by atoms with Gasteiger partial charge in [-0.05, 0) is 24.6 Å². The Morgan fingerprint density at radius 2 is 2.40 bits per heavy atom. The summed E-state index contributed by atoms with van der Waals surface area (Å²) in [6.45, 7) is 2.62. The summed E-state index contributed by atoms with van der Waals surface area (Å²) in [5.41, 5.74) is 2.92. The molecular weight excluding hydrogens is 191 g/mol. The number of aromatic nitrogens is 1. The van der Waals surface area contributed by atoms with Crippen LogP contribution in [0.4, 0.5) is 0 Å². The van der Waals surface area contributed by atoms with Crippen molar-refractivity contribution in [3.8, 4) is 0 Å². The predicted molar refractivity (Wildman–Crippen MR) is 59.7 cm³/mol. The van der Waals surface area contributed by atoms with Gasteiger partial charge in [-0.15, -0.1) is 0 Å². The molecule has 2 rings (SSSR count). The fourth-order valence-corrected chi connectivity index (χ4v) is 1.42. The molecule has 0 bridgehead atoms. The van der Waals surface area contributed by atoms with Crippen molar-refractivity contribution in [2.24, 2.45) is 0 Å². The maximum Gasteiger partial charge on any atom is 0.360 e. The van der Waals surface area contributed by atoms with Crippen LogP contribution in [0, 0.1) is 6.92 Å². The SMILES string of the molecule is COBNCc1nc2cc(C)ccc2o1. The van der Waals surface area contributed by atoms with Gasteiger partial charge in [0.1, 0.15) is 5.52 Å². The van der Waals surface area contributed by atoms with E-state index in [-0.39, 0.29) is 0 Å². The van der Waals surface area contributed by atoms with Crippen molar-refractivity contribution in [3.05, 3.63) is 29.7 Å². The minimum absolute atomic E-state index is 0.498. The molecule has 4 nitrogen and oxygen atoms in total. The first-order valence-corrected chi connectivity index (χ1v) is 4.85. The Labute approximate surface area is 88.9 Å². The highest BCUT2D eigenvalue weighted by Gasteiger charge is 2.04. The van der Waals surface area contributed by atoms with E-state index in [0.29, 0.717) is 20.1 Å². The van der Waals surface area contributed by atoms with Gasteiger partial charge in [0.05, 0.1) is 6.54 Å². The third kappa shape index (κ3) is 2.37. The first kappa shape index (κ1) is 10.2. The van der Waals surface area contributed by atoms with Crippen LogP contribution in [0.25, 0.3) is 11.1 Å². The second-order valence-electron chi connectivity index (χ2n) is 3.44. The summed E-state index contributed by atoms with van der Waals surface area (Å²) in [7, 11) is 2.14. The number of benzene rings is 1. The van der Waals surface area contributed by atoms with Crippen molar-refractivity contribution in [2.75, 3.05) is 7.11 Å². The monoisotopic (exact) mass is 204 g/mol. The molecule has 0 saturated carbocycles. The van der Waals surface area contributed by atoms with Gasteiger partial charge >= 0.3 is 7.62 Å². The Bertz CT molecular complexity index is 456. The van der Waals surface area contributed by atoms with E-state index < -0.39 is 0 Å². The summed E-state index contributed by atoms with van der Waals surface area (Å²) in [5.74, 6) is 0.688. The molecule has 1 heterocycles. The highest BCUT2D eigenvalue weighted by molar-refractivity contribution is 6.23. The van der Waals surface area contributed by atoms with Gasteiger partial charge in [-0.2, -0.15) is 0 Å². The quantitative estimate of drug-likeness (QED) is 0.599. The fraction of sp³-hybridized carbons (Fsp3) is 0.300. The minimum atomic E-state index is 0.498. The fourth-order valence-electron chi connectivity index (χ4n) is 1.42. The number of hydrogen-bond donors (Lipinski definition) is 1. The summed E-state index contributed by atoms with van der Waals surface area (Å²) >= 11 is 0. The Kier molecular flexibility index (Phi) is 3.04. The normalized spacial score (nSPS) is 10.8. The zero-order chi connectivity index (χ0) is 10.7. The molecule has 0 unspecified atom stereocenters. The first-order valence-electron chi connectivity index (χ1n) is 4.85. The molecule has 0 aliphatic carbocycles. The smallest absolute Gasteiger partial charge is 0.360 e. The second kappa shape index (κ2) is 4.46. The third-order valence-corrected chi connectivity index (χ3v) is 2.11. The standard InChI is InChI=1S/C10H13BN2O2/c1-7-3-4-9-8(5-7)13-10(15-9)6-12-11-14-2/h3-5,11-12H,6H2,1-2H3. The van der Waals surface area contributed by atoms with Crippen LogP contribution in [-0.4, -0.2) is 19.7 Å². The zero-order valence-electron chi connectivity index (χ0n) is 8.91. The Morgan fingerprint density at radius 1 is 1.53 bits per heavy atom. The van der Waals surface area contributed by atoms with E-state index in [1.54, 1.807) is 7.11 Å². The van der Waals surface area contributed by atoms with Crippen LogP contribution in [0.1, 0.15) is 11.5 Å². The lowest BCUT2D eigenvalue weighted by molar-refractivity contribution is 0.424. The maximum absolute atomic E-state index is 5.54. The van der Waals surface area contributed by atoms with Crippen molar-refractivity contribution in [1.82, 2.24) is 10.2 Å². The molecule has 5 heteroatoms. The number of oxazole rings is 1. The molecule has 0 fully saturated rings. The van der Waals surface area contributed by atoms with E-state index in [9.17, 15) is 0 Å². The second-order valence-corrected chi connectivity index (χ2v) is 3.44. The molecule has 0 spiro atoms. The molecule has 0 aliphatic rings. The summed E-state index contributed by atoms with van der Waals surface area (Å²) in [5, 5.41) is 3.05. The number of rotatable bonds is 4. The van der Waals surface area contributed by atoms with E-state index in [0.717, 1.165) is 11.1 Å². The Hall–Kier alpha value is -1.33. The minimum Gasteiger partial charge on any atom is -0.439 e. The first-order chi connectivity index (χ1) is 7.29. The highest BCUT2D eigenvalue weighted by atomic mass is 16.4. The van der Waals surface area contributed by atoms with Gasteiger partial charge in [0.2, 0.25) is 5.89 Å². The average Bonchev–Trinajstić information content (AvgIpc) is 2.60. The average molecular weight is 204 g/mol. The molecule has 1 aromatic heterocycles. The van der Waals surface area contributed by atoms with E-state index in [2.05, 4.69) is 10.2 Å². The number of nitrogens with zero attached hydrogens (tertiary/aromatic N) is 1. The van der Waals surface area contributed by atoms with E-state index in [1.165, 1.54) is 5.56 Å². The molecule has 0 amide bonds. The van der Waals surface area contributed by atoms with Crippen molar-refractivity contribution in [1.29, 1.82) is 0 Å². The van der Waals surface area contributed by atoms with Gasteiger partial charge < -0.3 is 14.3 Å². The van der Waals surface area contributed by atoms with Gasteiger partial charge in [0.15, 0.2) is 5.58 Å². The summed E-state index contributed by atoms with van der Waals surface area (Å²) in [6, 6.07) is 5.97. The van der Waals surface area contributed by atoms with Gasteiger partial charge in [-0.3, -0.25) is 0 Å². The number of fused-ring (bicyclic) bond motifs is 1. The van der Waals surface area contributed by atoms with Crippen molar-refractivity contribution < 1.29 is 9.07 Å². The molecular formula is C10H13BN2O2. The summed E-state index contributed by atoms with van der Waals surface area (Å²) in [4.78, 5) is 4.36. The van der Waals surface area contributed by atoms with Crippen LogP contribution in [0.15, 0.2) is 22.6 Å². The topological polar surface area (TPSA) is 47.3 Å². The van der Waals surface area contributed by atoms with Crippen LogP contribution in [-0.2, 0) is 11.2 Å². The van der Waals surface area contributed by atoms with Crippen molar-refractivity contribution >= 4 is 18.7 Å². The number of nitrogens with one attached hydrogen (secondary N) is 1. The largest absolute Gasteiger partial charge is 0.439 e. The van der Waals surface area contributed by atoms with Gasteiger partial charge in [0, 0.05) is 7.11 Å². The molecule has 2 aromatic rings. The molecule has 1 N–H and O–H groups in total. The number of aryl methyl sites for hydroxylation is 1. The lowest BCUT2D eigenvalue weighted by Gasteiger charge is -1.95. The molecule has 0 atom stereocenters. The van der Waals surface area contributed by atoms with Crippen LogP contribution in [0.2, 0.25) is 0 Å². The van der Waals surface area contributed by atoms with Crippen LogP contribution >= 0.6 is 0 Å². The number of hydrogen-bond acceptors (Lipinski definition) is 4. The predicted octanol–water partition coefficient (Wildman–Crippen LogP) is 1.14. The lowest BCUT2D eigenvalue weighted by Crippen LogP contribution is -2.20. The van der Waals surface area contributed by atoms with Crippen LogP contribution in [0.5, 0.6) is 0 Å². The van der Waals surface area contributed by atoms with Crippen molar-refractivity contribution in [2.45, 2.75) is 13.5 Å². The summed E-state index contributed by atoms with van der Waals surface area (Å²) in [6.07, 6.45) is 0. The third-order valence-electron chi connectivity index (χ3n) is 2.11. The highest BCUT2D eigenvalue weighted by Crippen LogP contribution is 2.16. The Balaban J connectivity index is 2.16. The van der Waals surface area contributed by atoms with Gasteiger partial charge in [0.25, 0.3) is 0 Å². The molecule has 0 saturated heterocycles. The maximum atomic E-state index is 5.54. The van der Waals surface area contributed by atoms with Crippen molar-refractivity contribution in [3.63, 3.8) is 0 Å². The Morgan fingerprint density at radius 3 is 3.20 bits per heavy atom. The van der Waals surface area contributed by atoms with E-state index in [4.69, 9.17) is 9.07 Å². The van der Waals surface area contributed by atoms with Gasteiger partial charge in [-0.1, -0.05) is 6.07 Å². The molecule has 78 valence electrons. The summed E-state index contributed by atoms with van der Waals surface area (Å²) < 4.78 is 10.4. The van der Waals surface area contributed by atoms with Gasteiger partial charge in [-0.25, -0.2) is 4.98 Å². The molecule has 1 aromatic carbocycles. The lowest BCUT2D eigenvalue weighted by atomic mass is 10.2. The van der Waals surface area contributed by atoms with Crippen LogP contribution in [0.3, 0.4) is 0 Å². The molecule has 15 heavy (non-hydrogen) atoms. The van der Waals surface area contributed by atoms with E-state index in [1.807, 2.05) is 25.1 Å². The van der Waals surface area contributed by atoms with E-state index >= 15 is 0 Å². The zero-order valence-corrected chi connectivity index (χ0v) is 8.91.